The van der Waals surface area contributed by atoms with Crippen molar-refractivity contribution in [3.63, 3.8) is 0 Å². The molecule has 1 heterocycles. The summed E-state index contributed by atoms with van der Waals surface area (Å²) < 4.78 is 0. The highest BCUT2D eigenvalue weighted by Crippen LogP contribution is 2.34. The molecule has 0 radical (unpaired) electrons. The molecule has 5 nitrogen and oxygen atoms in total. The van der Waals surface area contributed by atoms with Gasteiger partial charge in [0, 0.05) is 12.3 Å². The molecule has 1 aromatic carbocycles. The third-order valence-corrected chi connectivity index (χ3v) is 5.17. The van der Waals surface area contributed by atoms with Gasteiger partial charge in [0.2, 0.25) is 5.91 Å². The maximum atomic E-state index is 12.8. The van der Waals surface area contributed by atoms with Crippen LogP contribution in [0.3, 0.4) is 0 Å². The van der Waals surface area contributed by atoms with E-state index in [4.69, 9.17) is 5.73 Å². The van der Waals surface area contributed by atoms with Crippen molar-refractivity contribution in [2.24, 2.45) is 5.73 Å². The van der Waals surface area contributed by atoms with Crippen LogP contribution in [0.15, 0.2) is 30.3 Å². The highest BCUT2D eigenvalue weighted by atomic mass is 32.2. The number of amides is 1. The van der Waals surface area contributed by atoms with Crippen LogP contribution in [0.4, 0.5) is 0 Å². The molecular weight excluding hydrogens is 288 g/mol. The van der Waals surface area contributed by atoms with Gasteiger partial charge in [-0.15, -0.1) is 11.8 Å². The number of rotatable bonds is 5. The van der Waals surface area contributed by atoms with Crippen LogP contribution in [0, 0.1) is 0 Å². The predicted molar refractivity (Wildman–Crippen MR) is 83.0 cm³/mol. The summed E-state index contributed by atoms with van der Waals surface area (Å²) in [6.45, 7) is 2.13. The van der Waals surface area contributed by atoms with E-state index in [1.54, 1.807) is 0 Å². The number of benzene rings is 1. The first kappa shape index (κ1) is 15.9. The van der Waals surface area contributed by atoms with Crippen LogP contribution in [0.2, 0.25) is 0 Å². The predicted octanol–water partition coefficient (Wildman–Crippen LogP) is 1.49. The van der Waals surface area contributed by atoms with Crippen molar-refractivity contribution < 1.29 is 14.7 Å². The molecule has 1 aromatic rings. The van der Waals surface area contributed by atoms with Crippen molar-refractivity contribution in [1.29, 1.82) is 0 Å². The number of hydrogen-bond acceptors (Lipinski definition) is 4. The summed E-state index contributed by atoms with van der Waals surface area (Å²) in [5.41, 5.74) is 6.61. The summed E-state index contributed by atoms with van der Waals surface area (Å²) >= 11 is 1.52. The van der Waals surface area contributed by atoms with Crippen molar-refractivity contribution in [1.82, 2.24) is 4.90 Å². The first-order valence-corrected chi connectivity index (χ1v) is 8.06. The molecule has 0 bridgehead atoms. The molecule has 2 rings (SSSR count). The fourth-order valence-electron chi connectivity index (χ4n) is 2.61. The Morgan fingerprint density at radius 1 is 1.43 bits per heavy atom. The van der Waals surface area contributed by atoms with Gasteiger partial charge in [0.15, 0.2) is 0 Å². The molecule has 0 saturated carbocycles. The zero-order valence-electron chi connectivity index (χ0n) is 11.9. The van der Waals surface area contributed by atoms with Gasteiger partial charge in [-0.1, -0.05) is 37.3 Å². The molecule has 114 valence electrons. The Kier molecular flexibility index (Phi) is 5.25. The van der Waals surface area contributed by atoms with Crippen molar-refractivity contribution in [2.45, 2.75) is 30.7 Å². The van der Waals surface area contributed by atoms with E-state index in [9.17, 15) is 14.7 Å². The van der Waals surface area contributed by atoms with Gasteiger partial charge in [0.1, 0.15) is 6.04 Å². The number of nitrogens with two attached hydrogens (primary N) is 1. The quantitative estimate of drug-likeness (QED) is 0.861. The molecule has 3 N–H and O–H groups in total. The van der Waals surface area contributed by atoms with E-state index < -0.39 is 17.9 Å². The van der Waals surface area contributed by atoms with Crippen molar-refractivity contribution in [2.75, 3.05) is 12.3 Å². The molecule has 3 atom stereocenters. The third kappa shape index (κ3) is 3.22. The average molecular weight is 308 g/mol. The third-order valence-electron chi connectivity index (χ3n) is 3.72. The summed E-state index contributed by atoms with van der Waals surface area (Å²) in [7, 11) is 0. The number of carboxylic acid groups (broad SMARTS) is 1. The minimum absolute atomic E-state index is 0.0867. The van der Waals surface area contributed by atoms with Crippen LogP contribution in [-0.2, 0) is 9.59 Å². The maximum Gasteiger partial charge on any atom is 0.327 e. The molecule has 0 aromatic heterocycles. The van der Waals surface area contributed by atoms with Crippen LogP contribution in [0.5, 0.6) is 0 Å². The van der Waals surface area contributed by atoms with Gasteiger partial charge in [0.25, 0.3) is 0 Å². The zero-order valence-corrected chi connectivity index (χ0v) is 12.8. The number of thioether (sulfide) groups is 1. The van der Waals surface area contributed by atoms with E-state index in [1.165, 1.54) is 16.7 Å². The van der Waals surface area contributed by atoms with E-state index >= 15 is 0 Å². The second kappa shape index (κ2) is 6.95. The Hall–Kier alpha value is -1.53. The average Bonchev–Trinajstić information content (AvgIpc) is 2.93. The zero-order chi connectivity index (χ0) is 15.4. The Labute approximate surface area is 128 Å². The molecule has 0 spiro atoms. The summed E-state index contributed by atoms with van der Waals surface area (Å²) in [5.74, 6) is -1.18. The molecule has 1 saturated heterocycles. The lowest BCUT2D eigenvalue weighted by molar-refractivity contribution is -0.149. The number of nitrogens with zero attached hydrogens (tertiary/aromatic N) is 1. The topological polar surface area (TPSA) is 83.6 Å². The smallest absolute Gasteiger partial charge is 0.327 e. The highest BCUT2D eigenvalue weighted by Gasteiger charge is 2.42. The molecule has 0 aliphatic carbocycles. The van der Waals surface area contributed by atoms with Gasteiger partial charge in [-0.3, -0.25) is 4.79 Å². The molecule has 1 fully saturated rings. The van der Waals surface area contributed by atoms with E-state index in [0.717, 1.165) is 12.0 Å². The number of carbonyl (C=O) groups excluding carboxylic acids is 1. The largest absolute Gasteiger partial charge is 0.480 e. The van der Waals surface area contributed by atoms with E-state index in [0.29, 0.717) is 5.75 Å². The number of hydrogen-bond donors (Lipinski definition) is 2. The van der Waals surface area contributed by atoms with E-state index in [-0.39, 0.29) is 17.8 Å². The minimum atomic E-state index is -0.948. The van der Waals surface area contributed by atoms with Gasteiger partial charge >= 0.3 is 5.97 Å². The van der Waals surface area contributed by atoms with Gasteiger partial charge in [-0.2, -0.15) is 0 Å². The number of aliphatic carboxylic acids is 1. The van der Waals surface area contributed by atoms with Crippen molar-refractivity contribution >= 4 is 23.6 Å². The molecule has 6 heteroatoms. The van der Waals surface area contributed by atoms with Crippen LogP contribution in [0.25, 0.3) is 0 Å². The molecule has 3 unspecified atom stereocenters. The SMILES string of the molecule is CCC1SCC(C(=O)O)N1C(=O)C(CN)c1ccccc1. The van der Waals surface area contributed by atoms with Crippen molar-refractivity contribution in [3.8, 4) is 0 Å². The maximum absolute atomic E-state index is 12.8. The second-order valence-electron chi connectivity index (χ2n) is 4.99. The summed E-state index contributed by atoms with van der Waals surface area (Å²) in [4.78, 5) is 25.7. The Bertz CT molecular complexity index is 509. The van der Waals surface area contributed by atoms with E-state index in [2.05, 4.69) is 0 Å². The summed E-state index contributed by atoms with van der Waals surface area (Å²) in [5, 5.41) is 9.25. The summed E-state index contributed by atoms with van der Waals surface area (Å²) in [6.07, 6.45) is 0.728. The fraction of sp³-hybridized carbons (Fsp3) is 0.467. The lowest BCUT2D eigenvalue weighted by Crippen LogP contribution is -2.48. The van der Waals surface area contributed by atoms with Crippen LogP contribution in [0.1, 0.15) is 24.8 Å². The second-order valence-corrected chi connectivity index (χ2v) is 6.21. The van der Waals surface area contributed by atoms with Gasteiger partial charge < -0.3 is 15.7 Å². The van der Waals surface area contributed by atoms with Crippen molar-refractivity contribution in [3.05, 3.63) is 35.9 Å². The number of carboxylic acids is 1. The van der Waals surface area contributed by atoms with Crippen LogP contribution >= 0.6 is 11.8 Å². The Balaban J connectivity index is 2.28. The normalized spacial score (nSPS) is 23.0. The lowest BCUT2D eigenvalue weighted by Gasteiger charge is -2.30. The Morgan fingerprint density at radius 3 is 2.62 bits per heavy atom. The minimum Gasteiger partial charge on any atom is -0.480 e. The molecular formula is C15H20N2O3S. The fourth-order valence-corrected chi connectivity index (χ4v) is 3.96. The van der Waals surface area contributed by atoms with Gasteiger partial charge in [-0.05, 0) is 12.0 Å². The van der Waals surface area contributed by atoms with Crippen LogP contribution in [-0.4, -0.2) is 45.6 Å². The first-order chi connectivity index (χ1) is 10.1. The molecule has 1 amide bonds. The van der Waals surface area contributed by atoms with Crippen LogP contribution < -0.4 is 5.73 Å². The molecule has 1 aliphatic rings. The monoisotopic (exact) mass is 308 g/mol. The Morgan fingerprint density at radius 2 is 2.10 bits per heavy atom. The van der Waals surface area contributed by atoms with Gasteiger partial charge in [0.05, 0.1) is 11.3 Å². The number of carbonyl (C=O) groups is 2. The van der Waals surface area contributed by atoms with Gasteiger partial charge in [-0.25, -0.2) is 4.79 Å². The molecule has 1 aliphatic heterocycles. The lowest BCUT2D eigenvalue weighted by atomic mass is 9.97. The van der Waals surface area contributed by atoms with E-state index in [1.807, 2.05) is 37.3 Å². The standard InChI is InChI=1S/C15H20N2O3S/c1-2-13-17(12(9-21-13)15(19)20)14(18)11(8-16)10-6-4-3-5-7-10/h3-7,11-13H,2,8-9,16H2,1H3,(H,19,20). The highest BCUT2D eigenvalue weighted by molar-refractivity contribution is 8.00. The summed E-state index contributed by atoms with van der Waals surface area (Å²) in [6, 6.07) is 8.55. The first-order valence-electron chi connectivity index (χ1n) is 7.01. The molecule has 21 heavy (non-hydrogen) atoms.